The minimum atomic E-state index is 0.136. The van der Waals surface area contributed by atoms with E-state index in [4.69, 9.17) is 37.9 Å². The molecular weight excluding hydrogens is 383 g/mol. The molecule has 1 aromatic carbocycles. The minimum absolute atomic E-state index is 0.136. The van der Waals surface area contributed by atoms with E-state index in [1.807, 2.05) is 19.1 Å². The summed E-state index contributed by atoms with van der Waals surface area (Å²) in [5.41, 5.74) is 3.53. The number of aromatic nitrogens is 2. The Balaban J connectivity index is 1.97. The highest BCUT2D eigenvalue weighted by atomic mass is 35.5. The van der Waals surface area contributed by atoms with E-state index >= 15 is 0 Å². The van der Waals surface area contributed by atoms with Crippen LogP contribution in [-0.4, -0.2) is 41.8 Å². The molecule has 2 aromatic rings. The summed E-state index contributed by atoms with van der Waals surface area (Å²) in [7, 11) is 0. The largest absolute Gasteiger partial charge is 0.375 e. The summed E-state index contributed by atoms with van der Waals surface area (Å²) in [5, 5.41) is 8.13. The van der Waals surface area contributed by atoms with Gasteiger partial charge < -0.3 is 15.4 Å². The highest BCUT2D eigenvalue weighted by Crippen LogP contribution is 2.32. The highest BCUT2D eigenvalue weighted by Gasteiger charge is 2.28. The first-order valence-electron chi connectivity index (χ1n) is 9.51. The minimum Gasteiger partial charge on any atom is -0.375 e. The van der Waals surface area contributed by atoms with Crippen LogP contribution in [0, 0.1) is 0 Å². The van der Waals surface area contributed by atoms with Gasteiger partial charge in [0.2, 0.25) is 0 Å². The van der Waals surface area contributed by atoms with Crippen molar-refractivity contribution >= 4 is 29.0 Å². The summed E-state index contributed by atoms with van der Waals surface area (Å²) in [4.78, 5) is 9.83. The molecule has 0 saturated carbocycles. The number of anilines is 1. The van der Waals surface area contributed by atoms with E-state index in [0.29, 0.717) is 16.7 Å². The van der Waals surface area contributed by atoms with Gasteiger partial charge in [-0.2, -0.15) is 0 Å². The molecule has 0 bridgehead atoms. The summed E-state index contributed by atoms with van der Waals surface area (Å²) >= 11 is 12.5. The van der Waals surface area contributed by atoms with E-state index in [0.717, 1.165) is 54.4 Å². The van der Waals surface area contributed by atoms with Crippen molar-refractivity contribution in [2.45, 2.75) is 45.8 Å². The van der Waals surface area contributed by atoms with Gasteiger partial charge in [-0.1, -0.05) is 37.0 Å². The molecule has 1 aliphatic heterocycles. The Morgan fingerprint density at radius 3 is 2.56 bits per heavy atom. The molecule has 0 unspecified atom stereocenters. The molecule has 1 fully saturated rings. The maximum Gasteiger partial charge on any atom is 0.148 e. The van der Waals surface area contributed by atoms with Crippen LogP contribution in [0.15, 0.2) is 18.2 Å². The number of hydrogen-bond donors (Lipinski definition) is 2. The number of nitrogens with one attached hydrogen (secondary N) is 2. The molecule has 2 heterocycles. The van der Waals surface area contributed by atoms with Gasteiger partial charge in [-0.3, -0.25) is 0 Å². The predicted octanol–water partition coefficient (Wildman–Crippen LogP) is 4.36. The quantitative estimate of drug-likeness (QED) is 0.712. The van der Waals surface area contributed by atoms with Gasteiger partial charge in [-0.25, -0.2) is 9.97 Å². The predicted molar refractivity (Wildman–Crippen MR) is 112 cm³/mol. The Morgan fingerprint density at radius 2 is 1.89 bits per heavy atom. The van der Waals surface area contributed by atoms with E-state index in [2.05, 4.69) is 24.5 Å². The van der Waals surface area contributed by atoms with Crippen molar-refractivity contribution in [3.63, 3.8) is 0 Å². The zero-order chi connectivity index (χ0) is 19.4. The first-order valence-corrected chi connectivity index (χ1v) is 10.3. The number of benzene rings is 1. The van der Waals surface area contributed by atoms with E-state index in [1.165, 1.54) is 0 Å². The molecule has 27 heavy (non-hydrogen) atoms. The van der Waals surface area contributed by atoms with Gasteiger partial charge in [0.15, 0.2) is 0 Å². The van der Waals surface area contributed by atoms with Crippen LogP contribution in [0.25, 0.3) is 11.3 Å². The lowest BCUT2D eigenvalue weighted by molar-refractivity contribution is 0.0709. The standard InChI is InChI=1S/C20H26Cl2N4O/c1-4-15-19(13-8-7-12(21)9-14(13)22)24-16(5-2)20(25-15)26-17-10-23-11-18(17)27-6-3/h7-9,17-18,23H,4-6,10-11H2,1-3H3,(H,25,26)/t17-,18+/m0/s1. The summed E-state index contributed by atoms with van der Waals surface area (Å²) < 4.78 is 5.83. The monoisotopic (exact) mass is 408 g/mol. The lowest BCUT2D eigenvalue weighted by Crippen LogP contribution is -2.35. The van der Waals surface area contributed by atoms with Crippen LogP contribution in [0.1, 0.15) is 32.2 Å². The van der Waals surface area contributed by atoms with Gasteiger partial charge >= 0.3 is 0 Å². The fraction of sp³-hybridized carbons (Fsp3) is 0.500. The molecule has 1 aliphatic rings. The van der Waals surface area contributed by atoms with Gasteiger partial charge in [0.05, 0.1) is 34.3 Å². The van der Waals surface area contributed by atoms with E-state index in [1.54, 1.807) is 6.07 Å². The van der Waals surface area contributed by atoms with Crippen LogP contribution in [-0.2, 0) is 17.6 Å². The number of ether oxygens (including phenoxy) is 1. The van der Waals surface area contributed by atoms with Crippen LogP contribution < -0.4 is 10.6 Å². The molecule has 2 atom stereocenters. The van der Waals surface area contributed by atoms with Crippen molar-refractivity contribution < 1.29 is 4.74 Å². The van der Waals surface area contributed by atoms with Crippen molar-refractivity contribution in [3.8, 4) is 11.3 Å². The number of nitrogens with zero attached hydrogens (tertiary/aromatic N) is 2. The third-order valence-corrected chi connectivity index (χ3v) is 5.31. The molecule has 0 amide bonds. The second kappa shape index (κ2) is 9.20. The summed E-state index contributed by atoms with van der Waals surface area (Å²) in [6.45, 7) is 8.58. The average molecular weight is 409 g/mol. The molecule has 1 aromatic heterocycles. The molecule has 2 N–H and O–H groups in total. The second-order valence-electron chi connectivity index (χ2n) is 6.55. The fourth-order valence-electron chi connectivity index (χ4n) is 3.37. The summed E-state index contributed by atoms with van der Waals surface area (Å²) in [6, 6.07) is 5.67. The molecule has 0 spiro atoms. The van der Waals surface area contributed by atoms with E-state index in [-0.39, 0.29) is 12.1 Å². The number of hydrogen-bond acceptors (Lipinski definition) is 5. The van der Waals surface area contributed by atoms with Crippen LogP contribution in [0.4, 0.5) is 5.82 Å². The van der Waals surface area contributed by atoms with Crippen LogP contribution >= 0.6 is 23.2 Å². The third kappa shape index (κ3) is 4.54. The Kier molecular flexibility index (Phi) is 6.93. The maximum atomic E-state index is 6.43. The SMILES string of the molecule is CCO[C@@H]1CNC[C@@H]1Nc1nc(CC)c(-c2ccc(Cl)cc2Cl)nc1CC. The van der Waals surface area contributed by atoms with Crippen LogP contribution in [0.2, 0.25) is 10.0 Å². The Labute approximate surface area is 170 Å². The molecule has 0 aliphatic carbocycles. The Bertz CT molecular complexity index is 800. The zero-order valence-electron chi connectivity index (χ0n) is 16.0. The lowest BCUT2D eigenvalue weighted by atomic mass is 10.1. The van der Waals surface area contributed by atoms with Gasteiger partial charge in [0.1, 0.15) is 5.82 Å². The van der Waals surface area contributed by atoms with Crippen molar-refractivity contribution in [2.24, 2.45) is 0 Å². The number of rotatable bonds is 7. The molecular formula is C20H26Cl2N4O. The van der Waals surface area contributed by atoms with Gasteiger partial charge in [0, 0.05) is 30.3 Å². The van der Waals surface area contributed by atoms with Crippen molar-refractivity contribution in [2.75, 3.05) is 25.0 Å². The van der Waals surface area contributed by atoms with Crippen LogP contribution in [0.5, 0.6) is 0 Å². The smallest absolute Gasteiger partial charge is 0.148 e. The second-order valence-corrected chi connectivity index (χ2v) is 7.39. The van der Waals surface area contributed by atoms with Crippen LogP contribution in [0.3, 0.4) is 0 Å². The zero-order valence-corrected chi connectivity index (χ0v) is 17.5. The van der Waals surface area contributed by atoms with Crippen molar-refractivity contribution in [1.29, 1.82) is 0 Å². The molecule has 3 rings (SSSR count). The molecule has 0 radical (unpaired) electrons. The van der Waals surface area contributed by atoms with Crippen molar-refractivity contribution in [1.82, 2.24) is 15.3 Å². The first kappa shape index (κ1) is 20.3. The highest BCUT2D eigenvalue weighted by molar-refractivity contribution is 6.36. The molecule has 1 saturated heterocycles. The fourth-order valence-corrected chi connectivity index (χ4v) is 3.87. The molecule has 146 valence electrons. The summed E-state index contributed by atoms with van der Waals surface area (Å²) in [6.07, 6.45) is 1.67. The Morgan fingerprint density at radius 1 is 1.11 bits per heavy atom. The average Bonchev–Trinajstić information content (AvgIpc) is 3.09. The van der Waals surface area contributed by atoms with Crippen molar-refractivity contribution in [3.05, 3.63) is 39.6 Å². The van der Waals surface area contributed by atoms with Gasteiger partial charge in [-0.05, 0) is 38.0 Å². The van der Waals surface area contributed by atoms with E-state index in [9.17, 15) is 0 Å². The van der Waals surface area contributed by atoms with E-state index < -0.39 is 0 Å². The van der Waals surface area contributed by atoms with Gasteiger partial charge in [0.25, 0.3) is 0 Å². The normalized spacial score (nSPS) is 19.4. The topological polar surface area (TPSA) is 59.1 Å². The molecule has 7 heteroatoms. The summed E-state index contributed by atoms with van der Waals surface area (Å²) in [5.74, 6) is 0.835. The molecule has 5 nitrogen and oxygen atoms in total. The van der Waals surface area contributed by atoms with Gasteiger partial charge in [-0.15, -0.1) is 0 Å². The Hall–Kier alpha value is -1.40. The number of halogens is 2. The lowest BCUT2D eigenvalue weighted by Gasteiger charge is -2.22. The maximum absolute atomic E-state index is 6.43. The third-order valence-electron chi connectivity index (χ3n) is 4.76. The number of aryl methyl sites for hydroxylation is 2. The first-order chi connectivity index (χ1) is 13.1.